The van der Waals surface area contributed by atoms with Gasteiger partial charge in [0.05, 0.1) is 13.2 Å². The molecule has 0 aliphatic rings. The minimum absolute atomic E-state index is 0.164. The molecule has 0 saturated heterocycles. The van der Waals surface area contributed by atoms with E-state index >= 15 is 0 Å². The van der Waals surface area contributed by atoms with Gasteiger partial charge in [-0.2, -0.15) is 0 Å². The van der Waals surface area contributed by atoms with Crippen LogP contribution >= 0.6 is 0 Å². The lowest BCUT2D eigenvalue weighted by atomic mass is 10.3. The molecular formula is C14H28N2O6. The molecule has 0 aliphatic heterocycles. The minimum Gasteiger partial charge on any atom is -0.448 e. The summed E-state index contributed by atoms with van der Waals surface area (Å²) < 4.78 is 14.9. The average molecular weight is 320 g/mol. The number of nitrogens with one attached hydrogen (secondary N) is 2. The molecule has 0 aliphatic carbocycles. The Balaban J connectivity index is 3.30. The van der Waals surface area contributed by atoms with Crippen LogP contribution in [0.3, 0.4) is 0 Å². The number of unbranched alkanes of at least 4 members (excludes halogenated alkanes) is 1. The first-order valence-electron chi connectivity index (χ1n) is 7.29. The predicted octanol–water partition coefficient (Wildman–Crippen LogP) is -0.389. The van der Waals surface area contributed by atoms with Gasteiger partial charge in [-0.3, -0.25) is 5.32 Å². The van der Waals surface area contributed by atoms with Crippen LogP contribution in [0.2, 0.25) is 0 Å². The lowest BCUT2D eigenvalue weighted by molar-refractivity contribution is -0.00673. The van der Waals surface area contributed by atoms with E-state index in [9.17, 15) is 9.90 Å². The number of hydrogen-bond donors (Lipinski definition) is 4. The molecule has 1 amide bonds. The first-order valence-corrected chi connectivity index (χ1v) is 7.29. The zero-order valence-corrected chi connectivity index (χ0v) is 13.1. The van der Waals surface area contributed by atoms with Crippen molar-refractivity contribution in [3.05, 3.63) is 12.7 Å². The molecule has 22 heavy (non-hydrogen) atoms. The summed E-state index contributed by atoms with van der Waals surface area (Å²) in [4.78, 5) is 11.3. The molecule has 0 spiro atoms. The van der Waals surface area contributed by atoms with Crippen LogP contribution in [0.15, 0.2) is 12.7 Å². The van der Waals surface area contributed by atoms with E-state index in [1.165, 1.54) is 13.2 Å². The summed E-state index contributed by atoms with van der Waals surface area (Å²) in [6, 6.07) is 0. The van der Waals surface area contributed by atoms with Crippen LogP contribution in [0, 0.1) is 0 Å². The Bertz CT molecular complexity index is 291. The van der Waals surface area contributed by atoms with E-state index in [0.29, 0.717) is 19.7 Å². The van der Waals surface area contributed by atoms with Crippen molar-refractivity contribution in [2.24, 2.45) is 0 Å². The maximum Gasteiger partial charge on any atom is 0.407 e. The third kappa shape index (κ3) is 13.8. The van der Waals surface area contributed by atoms with Crippen LogP contribution in [-0.2, 0) is 14.2 Å². The maximum absolute atomic E-state index is 11.3. The molecule has 0 aromatic rings. The normalized spacial score (nSPS) is 13.4. The second-order valence-electron chi connectivity index (χ2n) is 4.59. The lowest BCUT2D eigenvalue weighted by Crippen LogP contribution is -2.32. The number of carbonyl (C=O) groups excluding carboxylic acids is 1. The zero-order valence-electron chi connectivity index (χ0n) is 13.1. The predicted molar refractivity (Wildman–Crippen MR) is 81.5 cm³/mol. The van der Waals surface area contributed by atoms with Gasteiger partial charge < -0.3 is 29.7 Å². The summed E-state index contributed by atoms with van der Waals surface area (Å²) in [5.74, 6) is 0. The first-order chi connectivity index (χ1) is 10.6. The van der Waals surface area contributed by atoms with Gasteiger partial charge in [0.15, 0.2) is 0 Å². The van der Waals surface area contributed by atoms with Crippen molar-refractivity contribution < 1.29 is 29.2 Å². The average Bonchev–Trinajstić information content (AvgIpc) is 2.50. The summed E-state index contributed by atoms with van der Waals surface area (Å²) >= 11 is 0. The van der Waals surface area contributed by atoms with Crippen LogP contribution < -0.4 is 10.6 Å². The molecule has 0 fully saturated rings. The van der Waals surface area contributed by atoms with Crippen molar-refractivity contribution in [2.45, 2.75) is 25.2 Å². The first kappa shape index (κ1) is 20.8. The Labute approximate surface area is 131 Å². The number of methoxy groups -OCH3 is 1. The Hall–Kier alpha value is -1.19. The van der Waals surface area contributed by atoms with Crippen molar-refractivity contribution in [3.8, 4) is 0 Å². The SMILES string of the molecule is C=CC(O)NCCOC(=O)NCCCCOCC(O)COC. The van der Waals surface area contributed by atoms with Crippen LogP contribution in [0.4, 0.5) is 4.79 Å². The number of rotatable bonds is 14. The molecule has 2 atom stereocenters. The van der Waals surface area contributed by atoms with Crippen molar-refractivity contribution in [1.82, 2.24) is 10.6 Å². The number of aliphatic hydroxyl groups is 2. The number of ether oxygens (including phenoxy) is 3. The van der Waals surface area contributed by atoms with E-state index < -0.39 is 18.4 Å². The van der Waals surface area contributed by atoms with Gasteiger partial charge in [0.25, 0.3) is 0 Å². The molecule has 0 aromatic carbocycles. The van der Waals surface area contributed by atoms with Crippen molar-refractivity contribution in [1.29, 1.82) is 0 Å². The molecule has 0 rings (SSSR count). The highest BCUT2D eigenvalue weighted by Gasteiger charge is 2.03. The van der Waals surface area contributed by atoms with E-state index in [2.05, 4.69) is 17.2 Å². The molecule has 8 nitrogen and oxygen atoms in total. The fraction of sp³-hybridized carbons (Fsp3) is 0.786. The molecule has 130 valence electrons. The molecule has 0 bridgehead atoms. The molecule has 0 heterocycles. The lowest BCUT2D eigenvalue weighted by Gasteiger charge is -2.11. The van der Waals surface area contributed by atoms with E-state index in [-0.39, 0.29) is 19.8 Å². The summed E-state index contributed by atoms with van der Waals surface area (Å²) in [5.41, 5.74) is 0. The van der Waals surface area contributed by atoms with Gasteiger partial charge >= 0.3 is 6.09 Å². The number of aliphatic hydroxyl groups excluding tert-OH is 2. The van der Waals surface area contributed by atoms with Gasteiger partial charge in [0.1, 0.15) is 18.9 Å². The fourth-order valence-corrected chi connectivity index (χ4v) is 1.46. The van der Waals surface area contributed by atoms with Crippen LogP contribution in [0.5, 0.6) is 0 Å². The summed E-state index contributed by atoms with van der Waals surface area (Å²) in [5, 5.41) is 23.7. The minimum atomic E-state index is -0.797. The zero-order chi connectivity index (χ0) is 16.6. The van der Waals surface area contributed by atoms with Gasteiger partial charge in [-0.1, -0.05) is 6.58 Å². The number of amides is 1. The molecular weight excluding hydrogens is 292 g/mol. The maximum atomic E-state index is 11.3. The number of carbonyl (C=O) groups is 1. The van der Waals surface area contributed by atoms with E-state index in [1.807, 2.05) is 0 Å². The van der Waals surface area contributed by atoms with Gasteiger partial charge in [-0.15, -0.1) is 0 Å². The monoisotopic (exact) mass is 320 g/mol. The second kappa shape index (κ2) is 14.7. The van der Waals surface area contributed by atoms with Gasteiger partial charge in [0, 0.05) is 26.8 Å². The molecule has 2 unspecified atom stereocenters. The largest absolute Gasteiger partial charge is 0.448 e. The van der Waals surface area contributed by atoms with Crippen molar-refractivity contribution in [2.75, 3.05) is 46.6 Å². The Morgan fingerprint density at radius 2 is 2.00 bits per heavy atom. The highest BCUT2D eigenvalue weighted by Crippen LogP contribution is 1.92. The van der Waals surface area contributed by atoms with Gasteiger partial charge in [-0.25, -0.2) is 4.79 Å². The van der Waals surface area contributed by atoms with Crippen LogP contribution in [0.25, 0.3) is 0 Å². The Morgan fingerprint density at radius 3 is 2.68 bits per heavy atom. The van der Waals surface area contributed by atoms with Crippen molar-refractivity contribution in [3.63, 3.8) is 0 Å². The molecule has 4 N–H and O–H groups in total. The van der Waals surface area contributed by atoms with E-state index in [1.54, 1.807) is 0 Å². The van der Waals surface area contributed by atoms with Crippen molar-refractivity contribution >= 4 is 6.09 Å². The molecule has 0 radical (unpaired) electrons. The molecule has 0 saturated carbocycles. The second-order valence-corrected chi connectivity index (χ2v) is 4.59. The molecule has 0 aromatic heterocycles. The Morgan fingerprint density at radius 1 is 1.23 bits per heavy atom. The van der Waals surface area contributed by atoms with Crippen LogP contribution in [0.1, 0.15) is 12.8 Å². The van der Waals surface area contributed by atoms with Gasteiger partial charge in [0.2, 0.25) is 0 Å². The third-order valence-electron chi connectivity index (χ3n) is 2.57. The topological polar surface area (TPSA) is 109 Å². The number of hydrogen-bond acceptors (Lipinski definition) is 7. The summed E-state index contributed by atoms with van der Waals surface area (Å²) in [6.45, 7) is 5.42. The Kier molecular flexibility index (Phi) is 13.9. The van der Waals surface area contributed by atoms with E-state index in [4.69, 9.17) is 19.3 Å². The fourth-order valence-electron chi connectivity index (χ4n) is 1.46. The van der Waals surface area contributed by atoms with E-state index in [0.717, 1.165) is 12.8 Å². The highest BCUT2D eigenvalue weighted by atomic mass is 16.5. The third-order valence-corrected chi connectivity index (χ3v) is 2.57. The highest BCUT2D eigenvalue weighted by molar-refractivity contribution is 5.66. The summed E-state index contributed by atoms with van der Waals surface area (Å²) in [7, 11) is 1.52. The van der Waals surface area contributed by atoms with Crippen LogP contribution in [-0.4, -0.2) is 75.3 Å². The quantitative estimate of drug-likeness (QED) is 0.196. The summed E-state index contributed by atoms with van der Waals surface area (Å²) in [6.07, 6.45) is 0.971. The molecule has 8 heteroatoms. The number of alkyl carbamates (subject to hydrolysis) is 1. The standard InChI is InChI=1S/C14H28N2O6/c1-3-13(18)15-7-9-22-14(19)16-6-4-5-8-21-11-12(17)10-20-2/h3,12-13,15,17-18H,1,4-11H2,2H3,(H,16,19). The smallest absolute Gasteiger partial charge is 0.407 e. The van der Waals surface area contributed by atoms with Gasteiger partial charge in [-0.05, 0) is 18.9 Å².